The number of thiocarbonyl (C=S) groups is 1. The molecule has 0 aliphatic carbocycles. The molecule has 1 fully saturated rings. The highest BCUT2D eigenvalue weighted by Gasteiger charge is 2.18. The minimum absolute atomic E-state index is 0.243. The number of carbonyl (C=O) groups excluding carboxylic acids is 1. The van der Waals surface area contributed by atoms with E-state index >= 15 is 0 Å². The van der Waals surface area contributed by atoms with E-state index in [1.165, 1.54) is 5.56 Å². The molecular weight excluding hydrogens is 500 g/mol. The van der Waals surface area contributed by atoms with Gasteiger partial charge < -0.3 is 10.2 Å². The molecule has 0 bridgehead atoms. The van der Waals surface area contributed by atoms with Crippen molar-refractivity contribution in [3.8, 4) is 0 Å². The largest absolute Gasteiger partial charge is 0.369 e. The van der Waals surface area contributed by atoms with Crippen molar-refractivity contribution in [2.75, 3.05) is 36.4 Å². The zero-order chi connectivity index (χ0) is 24.2. The lowest BCUT2D eigenvalue weighted by molar-refractivity contribution is 0.0978. The molecule has 1 aliphatic heterocycles. The number of amides is 1. The summed E-state index contributed by atoms with van der Waals surface area (Å²) in [6.45, 7) is 4.72. The number of nitrogens with one attached hydrogen (secondary N) is 2. The van der Waals surface area contributed by atoms with E-state index < -0.39 is 0 Å². The fourth-order valence-corrected chi connectivity index (χ4v) is 4.97. The van der Waals surface area contributed by atoms with Gasteiger partial charge in [0.05, 0.1) is 11.7 Å². The maximum Gasteiger partial charge on any atom is 0.257 e. The molecule has 0 atom stereocenters. The monoisotopic (exact) mass is 522 g/mol. The van der Waals surface area contributed by atoms with Crippen LogP contribution in [0.1, 0.15) is 15.9 Å². The van der Waals surface area contributed by atoms with Gasteiger partial charge in [-0.2, -0.15) is 8.75 Å². The van der Waals surface area contributed by atoms with Crippen molar-refractivity contribution in [3.05, 3.63) is 82.9 Å². The summed E-state index contributed by atoms with van der Waals surface area (Å²) in [5.41, 5.74) is 5.10. The first-order chi connectivity index (χ1) is 17.0. The van der Waals surface area contributed by atoms with Crippen molar-refractivity contribution in [1.29, 1.82) is 0 Å². The lowest BCUT2D eigenvalue weighted by Crippen LogP contribution is -2.46. The summed E-state index contributed by atoms with van der Waals surface area (Å²) < 4.78 is 8.32. The third kappa shape index (κ3) is 5.76. The van der Waals surface area contributed by atoms with Gasteiger partial charge in [0.2, 0.25) is 0 Å². The Kier molecular flexibility index (Phi) is 7.19. The summed E-state index contributed by atoms with van der Waals surface area (Å²) in [5.74, 6) is -0.288. The highest BCUT2D eigenvalue weighted by atomic mass is 35.5. The van der Waals surface area contributed by atoms with E-state index in [-0.39, 0.29) is 11.0 Å². The third-order valence-electron chi connectivity index (χ3n) is 5.96. The second-order valence-corrected chi connectivity index (χ2v) is 9.62. The first kappa shape index (κ1) is 23.6. The molecule has 0 saturated carbocycles. The van der Waals surface area contributed by atoms with Gasteiger partial charge in [-0.1, -0.05) is 29.8 Å². The van der Waals surface area contributed by atoms with Crippen LogP contribution in [0.2, 0.25) is 5.02 Å². The Morgan fingerprint density at radius 2 is 1.71 bits per heavy atom. The van der Waals surface area contributed by atoms with Gasteiger partial charge in [-0.05, 0) is 66.3 Å². The molecule has 1 aliphatic rings. The van der Waals surface area contributed by atoms with Crippen LogP contribution in [0.4, 0.5) is 11.4 Å². The third-order valence-corrected chi connectivity index (χ3v) is 7.09. The molecule has 4 aromatic rings. The Balaban J connectivity index is 1.12. The normalized spacial score (nSPS) is 14.1. The molecule has 5 rings (SSSR count). The molecule has 0 spiro atoms. The van der Waals surface area contributed by atoms with Gasteiger partial charge >= 0.3 is 0 Å². The molecule has 2 heterocycles. The zero-order valence-corrected chi connectivity index (χ0v) is 21.2. The summed E-state index contributed by atoms with van der Waals surface area (Å²) in [7, 11) is 0. The van der Waals surface area contributed by atoms with Crippen molar-refractivity contribution in [2.24, 2.45) is 0 Å². The molecule has 178 valence electrons. The standard InChI is InChI=1S/C25H23ClN6OS2/c26-21-4-2-1-3-18(21)16-31-11-13-32(14-12-31)20-8-6-19(7-9-20)27-25(34)28-24(33)17-5-10-22-23(15-17)30-35-29-22/h1-10,15H,11-14,16H2,(H2,27,28,33,34). The number of carbonyl (C=O) groups is 1. The van der Waals surface area contributed by atoms with E-state index in [4.69, 9.17) is 23.8 Å². The second-order valence-electron chi connectivity index (χ2n) is 8.28. The number of hydrogen-bond acceptors (Lipinski definition) is 7. The van der Waals surface area contributed by atoms with E-state index in [1.54, 1.807) is 18.2 Å². The highest BCUT2D eigenvalue weighted by Crippen LogP contribution is 2.22. The van der Waals surface area contributed by atoms with Crippen molar-refractivity contribution in [2.45, 2.75) is 6.54 Å². The van der Waals surface area contributed by atoms with Gasteiger partial charge in [0.15, 0.2) is 5.11 Å². The number of piperazine rings is 1. The molecule has 7 nitrogen and oxygen atoms in total. The van der Waals surface area contributed by atoms with Gasteiger partial charge in [-0.15, -0.1) is 0 Å². The first-order valence-corrected chi connectivity index (χ1v) is 12.7. The van der Waals surface area contributed by atoms with Crippen LogP contribution in [0.5, 0.6) is 0 Å². The summed E-state index contributed by atoms with van der Waals surface area (Å²) in [5, 5.41) is 6.87. The lowest BCUT2D eigenvalue weighted by atomic mass is 10.2. The van der Waals surface area contributed by atoms with E-state index in [0.717, 1.165) is 66.4 Å². The van der Waals surface area contributed by atoms with Crippen LogP contribution in [0.3, 0.4) is 0 Å². The van der Waals surface area contributed by atoms with E-state index in [1.807, 2.05) is 30.3 Å². The Hall–Kier alpha value is -3.11. The molecule has 1 amide bonds. The molecule has 35 heavy (non-hydrogen) atoms. The van der Waals surface area contributed by atoms with Crippen molar-refractivity contribution < 1.29 is 4.79 Å². The van der Waals surface area contributed by atoms with Gasteiger partial charge in [0.25, 0.3) is 5.91 Å². The summed E-state index contributed by atoms with van der Waals surface area (Å²) >= 11 is 12.8. The number of halogens is 1. The van der Waals surface area contributed by atoms with Gasteiger partial charge in [-0.3, -0.25) is 15.0 Å². The Labute approximate surface area is 218 Å². The van der Waals surface area contributed by atoms with Crippen LogP contribution < -0.4 is 15.5 Å². The quantitative estimate of drug-likeness (QED) is 0.365. The van der Waals surface area contributed by atoms with E-state index in [0.29, 0.717) is 11.1 Å². The first-order valence-electron chi connectivity index (χ1n) is 11.2. The lowest BCUT2D eigenvalue weighted by Gasteiger charge is -2.36. The SMILES string of the molecule is O=C(NC(=S)Nc1ccc(N2CCN(Cc3ccccc3Cl)CC2)cc1)c1ccc2nsnc2c1. The molecule has 0 unspecified atom stereocenters. The number of hydrogen-bond donors (Lipinski definition) is 2. The topological polar surface area (TPSA) is 73.4 Å². The number of fused-ring (bicyclic) bond motifs is 1. The summed E-state index contributed by atoms with van der Waals surface area (Å²) in [6.07, 6.45) is 0. The molecule has 10 heteroatoms. The fourth-order valence-electron chi connectivity index (χ4n) is 4.05. The van der Waals surface area contributed by atoms with E-state index in [2.05, 4.69) is 47.4 Å². The van der Waals surface area contributed by atoms with E-state index in [9.17, 15) is 4.79 Å². The second kappa shape index (κ2) is 10.7. The number of nitrogens with zero attached hydrogens (tertiary/aromatic N) is 4. The maximum atomic E-state index is 12.5. The van der Waals surface area contributed by atoms with Crippen LogP contribution in [-0.4, -0.2) is 50.8 Å². The predicted molar refractivity (Wildman–Crippen MR) is 146 cm³/mol. The Bertz CT molecular complexity index is 1350. The van der Waals surface area contributed by atoms with Crippen molar-refractivity contribution in [1.82, 2.24) is 19.0 Å². The Morgan fingerprint density at radius 3 is 2.49 bits per heavy atom. The molecule has 3 aromatic carbocycles. The average molecular weight is 523 g/mol. The molecule has 1 saturated heterocycles. The number of benzene rings is 3. The molecular formula is C25H23ClN6OS2. The number of aromatic nitrogens is 2. The minimum atomic E-state index is -0.288. The van der Waals surface area contributed by atoms with Gasteiger partial charge in [0.1, 0.15) is 11.0 Å². The smallest absolute Gasteiger partial charge is 0.257 e. The van der Waals surface area contributed by atoms with Crippen molar-refractivity contribution >= 4 is 69.0 Å². The molecule has 1 aromatic heterocycles. The van der Waals surface area contributed by atoms with Crippen LogP contribution in [0.25, 0.3) is 11.0 Å². The van der Waals surface area contributed by atoms with Crippen LogP contribution in [0.15, 0.2) is 66.7 Å². The average Bonchev–Trinajstić information content (AvgIpc) is 3.34. The van der Waals surface area contributed by atoms with Crippen LogP contribution in [-0.2, 0) is 6.54 Å². The zero-order valence-electron chi connectivity index (χ0n) is 18.8. The van der Waals surface area contributed by atoms with Crippen LogP contribution >= 0.6 is 35.5 Å². The maximum absolute atomic E-state index is 12.5. The van der Waals surface area contributed by atoms with Gasteiger partial charge in [0, 0.05) is 54.7 Å². The highest BCUT2D eigenvalue weighted by molar-refractivity contribution is 7.80. The molecule has 0 radical (unpaired) electrons. The Morgan fingerprint density at radius 1 is 0.971 bits per heavy atom. The number of rotatable bonds is 5. The molecule has 2 N–H and O–H groups in total. The van der Waals surface area contributed by atoms with Crippen molar-refractivity contribution in [3.63, 3.8) is 0 Å². The summed E-state index contributed by atoms with van der Waals surface area (Å²) in [6, 6.07) is 21.3. The summed E-state index contributed by atoms with van der Waals surface area (Å²) in [4.78, 5) is 17.3. The predicted octanol–water partition coefficient (Wildman–Crippen LogP) is 4.79. The minimum Gasteiger partial charge on any atom is -0.369 e. The van der Waals surface area contributed by atoms with Gasteiger partial charge in [-0.25, -0.2) is 0 Å². The van der Waals surface area contributed by atoms with Crippen LogP contribution in [0, 0.1) is 0 Å². The fraction of sp³-hybridized carbons (Fsp3) is 0.200. The number of anilines is 2.